The third-order valence-electron chi connectivity index (χ3n) is 2.57. The molecular weight excluding hydrogens is 281 g/mol. The number of aromatic nitrogens is 2. The lowest BCUT2D eigenvalue weighted by Crippen LogP contribution is -2.07. The van der Waals surface area contributed by atoms with Crippen LogP contribution in [0.4, 0.5) is 10.3 Å². The van der Waals surface area contributed by atoms with Crippen LogP contribution >= 0.6 is 11.6 Å². The number of ether oxygens (including phenoxy) is 1. The number of hydrogen-bond donors (Lipinski definition) is 1. The molecular formula is C14H15ClFN3O. The quantitative estimate of drug-likeness (QED) is 0.883. The maximum atomic E-state index is 13.6. The van der Waals surface area contributed by atoms with Gasteiger partial charge < -0.3 is 10.1 Å². The summed E-state index contributed by atoms with van der Waals surface area (Å²) in [4.78, 5) is 7.84. The van der Waals surface area contributed by atoms with Gasteiger partial charge in [0, 0.05) is 17.1 Å². The van der Waals surface area contributed by atoms with Crippen LogP contribution in [-0.2, 0) is 6.61 Å². The van der Waals surface area contributed by atoms with Crippen molar-refractivity contribution in [1.82, 2.24) is 9.97 Å². The van der Waals surface area contributed by atoms with Gasteiger partial charge >= 0.3 is 0 Å². The number of anilines is 1. The molecule has 1 aromatic heterocycles. The molecule has 6 heteroatoms. The van der Waals surface area contributed by atoms with Crippen LogP contribution < -0.4 is 10.1 Å². The average molecular weight is 296 g/mol. The molecule has 0 saturated carbocycles. The first kappa shape index (κ1) is 14.5. The molecule has 0 radical (unpaired) electrons. The maximum absolute atomic E-state index is 13.6. The van der Waals surface area contributed by atoms with E-state index in [0.717, 1.165) is 24.7 Å². The third-order valence-corrected chi connectivity index (χ3v) is 2.94. The summed E-state index contributed by atoms with van der Waals surface area (Å²) in [6.45, 7) is 2.89. The number of hydrogen-bond acceptors (Lipinski definition) is 4. The number of nitrogens with zero attached hydrogens (tertiary/aromatic N) is 2. The summed E-state index contributed by atoms with van der Waals surface area (Å²) in [6.07, 6.45) is 2.02. The van der Waals surface area contributed by atoms with E-state index in [1.54, 1.807) is 6.07 Å². The Bertz CT molecular complexity index is 580. The molecule has 0 amide bonds. The van der Waals surface area contributed by atoms with Gasteiger partial charge in [0.15, 0.2) is 0 Å². The van der Waals surface area contributed by atoms with Crippen LogP contribution in [0.15, 0.2) is 30.5 Å². The first-order valence-corrected chi connectivity index (χ1v) is 6.71. The van der Waals surface area contributed by atoms with Gasteiger partial charge in [-0.2, -0.15) is 9.37 Å². The highest BCUT2D eigenvalue weighted by Gasteiger charge is 2.09. The zero-order chi connectivity index (χ0) is 14.4. The Balaban J connectivity index is 2.07. The highest BCUT2D eigenvalue weighted by atomic mass is 35.5. The van der Waals surface area contributed by atoms with Crippen molar-refractivity contribution in [3.05, 3.63) is 46.9 Å². The van der Waals surface area contributed by atoms with Gasteiger partial charge in [-0.15, -0.1) is 0 Å². The SMILES string of the molecule is CCCNc1ncc(F)c(OCc2ccccc2Cl)n1. The van der Waals surface area contributed by atoms with Gasteiger partial charge in [-0.25, -0.2) is 4.98 Å². The van der Waals surface area contributed by atoms with E-state index < -0.39 is 5.82 Å². The van der Waals surface area contributed by atoms with Crippen molar-refractivity contribution in [3.8, 4) is 5.88 Å². The van der Waals surface area contributed by atoms with Gasteiger partial charge in [0.1, 0.15) is 6.61 Å². The molecule has 0 aliphatic carbocycles. The third kappa shape index (κ3) is 3.81. The van der Waals surface area contributed by atoms with Gasteiger partial charge in [0.2, 0.25) is 11.8 Å². The van der Waals surface area contributed by atoms with Gasteiger partial charge in [0.25, 0.3) is 5.88 Å². The molecule has 4 nitrogen and oxygen atoms in total. The van der Waals surface area contributed by atoms with Crippen molar-refractivity contribution in [2.24, 2.45) is 0 Å². The number of benzene rings is 1. The second-order valence-electron chi connectivity index (χ2n) is 4.15. The van der Waals surface area contributed by atoms with Crippen molar-refractivity contribution in [1.29, 1.82) is 0 Å². The summed E-state index contributed by atoms with van der Waals surface area (Å²) in [6, 6.07) is 7.24. The van der Waals surface area contributed by atoms with Crippen molar-refractivity contribution in [2.75, 3.05) is 11.9 Å². The second-order valence-corrected chi connectivity index (χ2v) is 4.56. The normalized spacial score (nSPS) is 10.3. The lowest BCUT2D eigenvalue weighted by atomic mass is 10.2. The van der Waals surface area contributed by atoms with E-state index >= 15 is 0 Å². The molecule has 0 fully saturated rings. The smallest absolute Gasteiger partial charge is 0.255 e. The zero-order valence-electron chi connectivity index (χ0n) is 11.1. The molecule has 106 valence electrons. The van der Waals surface area contributed by atoms with Crippen LogP contribution in [0.25, 0.3) is 0 Å². The van der Waals surface area contributed by atoms with Crippen LogP contribution in [0.3, 0.4) is 0 Å². The topological polar surface area (TPSA) is 47.0 Å². The van der Waals surface area contributed by atoms with Gasteiger partial charge in [-0.3, -0.25) is 0 Å². The lowest BCUT2D eigenvalue weighted by Gasteiger charge is -2.09. The molecule has 1 heterocycles. The van der Waals surface area contributed by atoms with Crippen LogP contribution in [0, 0.1) is 5.82 Å². The molecule has 20 heavy (non-hydrogen) atoms. The number of nitrogens with one attached hydrogen (secondary N) is 1. The van der Waals surface area contributed by atoms with Gasteiger partial charge in [-0.05, 0) is 12.5 Å². The minimum absolute atomic E-state index is 0.0847. The molecule has 0 aliphatic rings. The molecule has 0 saturated heterocycles. The molecule has 2 rings (SSSR count). The highest BCUT2D eigenvalue weighted by Crippen LogP contribution is 2.19. The second kappa shape index (κ2) is 7.05. The molecule has 1 aromatic carbocycles. The molecule has 0 atom stereocenters. The average Bonchev–Trinajstić information content (AvgIpc) is 2.46. The van der Waals surface area contributed by atoms with Crippen molar-refractivity contribution in [2.45, 2.75) is 20.0 Å². The predicted molar refractivity (Wildman–Crippen MR) is 76.6 cm³/mol. The lowest BCUT2D eigenvalue weighted by molar-refractivity contribution is 0.276. The van der Waals surface area contributed by atoms with E-state index in [4.69, 9.17) is 16.3 Å². The van der Waals surface area contributed by atoms with Crippen LogP contribution in [-0.4, -0.2) is 16.5 Å². The predicted octanol–water partition coefficient (Wildman–Crippen LogP) is 3.67. The molecule has 2 aromatic rings. The van der Waals surface area contributed by atoms with Gasteiger partial charge in [0.05, 0.1) is 6.20 Å². The molecule has 0 unspecified atom stereocenters. The fourth-order valence-electron chi connectivity index (χ4n) is 1.54. The highest BCUT2D eigenvalue weighted by molar-refractivity contribution is 6.31. The largest absolute Gasteiger partial charge is 0.471 e. The molecule has 1 N–H and O–H groups in total. The van der Waals surface area contributed by atoms with Crippen molar-refractivity contribution in [3.63, 3.8) is 0 Å². The Morgan fingerprint density at radius 1 is 1.35 bits per heavy atom. The fraction of sp³-hybridized carbons (Fsp3) is 0.286. The van der Waals surface area contributed by atoms with Crippen LogP contribution in [0.5, 0.6) is 5.88 Å². The Labute approximate surface area is 122 Å². The minimum atomic E-state index is -0.598. The van der Waals surface area contributed by atoms with E-state index in [9.17, 15) is 4.39 Å². The summed E-state index contributed by atoms with van der Waals surface area (Å²) >= 11 is 6.01. The van der Waals surface area contributed by atoms with Gasteiger partial charge in [-0.1, -0.05) is 36.7 Å². The Kier molecular flexibility index (Phi) is 5.12. The zero-order valence-corrected chi connectivity index (χ0v) is 11.8. The standard InChI is InChI=1S/C14H15ClFN3O/c1-2-7-17-14-18-8-12(16)13(19-14)20-9-10-5-3-4-6-11(10)15/h3-6,8H,2,7,9H2,1H3,(H,17,18,19). The van der Waals surface area contributed by atoms with E-state index in [2.05, 4.69) is 15.3 Å². The minimum Gasteiger partial charge on any atom is -0.471 e. The van der Waals surface area contributed by atoms with Crippen molar-refractivity contribution >= 4 is 17.5 Å². The summed E-state index contributed by atoms with van der Waals surface area (Å²) in [5.74, 6) is -0.333. The summed E-state index contributed by atoms with van der Waals surface area (Å²) in [5.41, 5.74) is 0.773. The van der Waals surface area contributed by atoms with Crippen molar-refractivity contribution < 1.29 is 9.13 Å². The molecule has 0 bridgehead atoms. The van der Waals surface area contributed by atoms with Crippen LogP contribution in [0.1, 0.15) is 18.9 Å². The summed E-state index contributed by atoms with van der Waals surface area (Å²) in [7, 11) is 0. The van der Waals surface area contributed by atoms with E-state index in [1.165, 1.54) is 0 Å². The Morgan fingerprint density at radius 2 is 2.15 bits per heavy atom. The maximum Gasteiger partial charge on any atom is 0.255 e. The monoisotopic (exact) mass is 295 g/mol. The first-order chi connectivity index (χ1) is 9.70. The van der Waals surface area contributed by atoms with Crippen LogP contribution in [0.2, 0.25) is 5.02 Å². The summed E-state index contributed by atoms with van der Waals surface area (Å²) < 4.78 is 19.0. The number of halogens is 2. The fourth-order valence-corrected chi connectivity index (χ4v) is 1.73. The molecule has 0 spiro atoms. The Morgan fingerprint density at radius 3 is 2.90 bits per heavy atom. The van der Waals surface area contributed by atoms with E-state index in [-0.39, 0.29) is 12.5 Å². The van der Waals surface area contributed by atoms with E-state index in [1.807, 2.05) is 25.1 Å². The first-order valence-electron chi connectivity index (χ1n) is 6.33. The Hall–Kier alpha value is -1.88. The van der Waals surface area contributed by atoms with E-state index in [0.29, 0.717) is 11.0 Å². The number of rotatable bonds is 6. The summed E-state index contributed by atoms with van der Waals surface area (Å²) in [5, 5.41) is 3.55. The molecule has 0 aliphatic heterocycles.